The molecule has 1 aliphatic heterocycles. The molecule has 2 aromatic heterocycles. The van der Waals surface area contributed by atoms with Crippen LogP contribution in [0, 0.1) is 5.41 Å². The lowest BCUT2D eigenvalue weighted by atomic mass is 9.61. The molecule has 3 N–H and O–H groups in total. The molecular formula is C28H38N4O2. The Hall–Kier alpha value is -2.54. The summed E-state index contributed by atoms with van der Waals surface area (Å²) in [5.41, 5.74) is 2.38. The van der Waals surface area contributed by atoms with Gasteiger partial charge in [0, 0.05) is 48.1 Å². The maximum Gasteiger partial charge on any atom is 0.124 e. The van der Waals surface area contributed by atoms with Crippen molar-refractivity contribution in [2.24, 2.45) is 5.41 Å². The number of aromatic nitrogens is 3. The number of hydrogen-bond acceptors (Lipinski definition) is 5. The summed E-state index contributed by atoms with van der Waals surface area (Å²) in [6.45, 7) is 15.9. The van der Waals surface area contributed by atoms with E-state index in [1.54, 1.807) is 26.2 Å². The Labute approximate surface area is 203 Å². The van der Waals surface area contributed by atoms with Crippen molar-refractivity contribution < 1.29 is 10.2 Å². The molecular weight excluding hydrogens is 424 g/mol. The molecule has 1 aromatic carbocycles. The second kappa shape index (κ2) is 8.59. The molecule has 0 radical (unpaired) electrons. The minimum atomic E-state index is -1.22. The number of H-pyrrole nitrogens is 1. The molecule has 3 aromatic rings. The average molecular weight is 463 g/mol. The zero-order valence-corrected chi connectivity index (χ0v) is 21.4. The third-order valence-corrected chi connectivity index (χ3v) is 7.39. The van der Waals surface area contributed by atoms with Crippen molar-refractivity contribution in [3.63, 3.8) is 0 Å². The third-order valence-electron chi connectivity index (χ3n) is 7.39. The summed E-state index contributed by atoms with van der Waals surface area (Å²) in [6.07, 6.45) is 3.52. The average Bonchev–Trinajstić information content (AvgIpc) is 3.27. The fourth-order valence-electron chi connectivity index (χ4n) is 4.98. The van der Waals surface area contributed by atoms with Gasteiger partial charge in [-0.15, -0.1) is 0 Å². The van der Waals surface area contributed by atoms with Gasteiger partial charge in [-0.1, -0.05) is 45.0 Å². The van der Waals surface area contributed by atoms with Crippen LogP contribution in [0.1, 0.15) is 76.8 Å². The molecule has 6 nitrogen and oxygen atoms in total. The largest absolute Gasteiger partial charge is 0.384 e. The Balaban J connectivity index is 1.80. The first-order valence-electron chi connectivity index (χ1n) is 12.2. The number of aliphatic hydroxyl groups is 2. The van der Waals surface area contributed by atoms with Crippen LogP contribution in [0.15, 0.2) is 48.8 Å². The molecule has 0 bridgehead atoms. The van der Waals surface area contributed by atoms with E-state index in [1.807, 2.05) is 12.1 Å². The summed E-state index contributed by atoms with van der Waals surface area (Å²) in [4.78, 5) is 6.89. The van der Waals surface area contributed by atoms with Crippen LogP contribution in [-0.4, -0.2) is 49.4 Å². The van der Waals surface area contributed by atoms with Gasteiger partial charge in [-0.05, 0) is 56.9 Å². The quantitative estimate of drug-likeness (QED) is 0.470. The lowest BCUT2D eigenvalue weighted by Crippen LogP contribution is -2.66. The normalized spacial score (nSPS) is 18.2. The summed E-state index contributed by atoms with van der Waals surface area (Å²) in [6, 6.07) is 12.6. The van der Waals surface area contributed by atoms with Crippen molar-refractivity contribution in [2.45, 2.75) is 71.6 Å². The number of aromatic amines is 1. The summed E-state index contributed by atoms with van der Waals surface area (Å²) in [5, 5.41) is 30.2. The Bertz CT molecular complexity index is 1140. The Morgan fingerprint density at radius 1 is 0.971 bits per heavy atom. The number of nitrogens with one attached hydrogen (secondary N) is 1. The molecule has 0 amide bonds. The molecule has 1 aliphatic rings. The second-order valence-electron chi connectivity index (χ2n) is 11.2. The van der Waals surface area contributed by atoms with Gasteiger partial charge in [-0.3, -0.25) is 15.0 Å². The van der Waals surface area contributed by atoms with E-state index in [4.69, 9.17) is 0 Å². The number of hydrogen-bond donors (Lipinski definition) is 3. The third kappa shape index (κ3) is 4.19. The topological polar surface area (TPSA) is 85.3 Å². The van der Waals surface area contributed by atoms with Crippen LogP contribution in [0.2, 0.25) is 0 Å². The van der Waals surface area contributed by atoms with Gasteiger partial charge in [0.15, 0.2) is 0 Å². The minimum Gasteiger partial charge on any atom is -0.384 e. The standard InChI is InChI=1S/C28H38N4O2/c1-18(2)20-8-10-22(11-9-20)28(34,27(7)16-32(17-27)19(3)4)23-12-21(14-29-15-23)24-13-25(31-30-24)26(5,6)33/h8-15,18-19,33-34H,16-17H2,1-7H3,(H,30,31)/t28-/m0/s1. The van der Waals surface area contributed by atoms with Crippen LogP contribution in [0.3, 0.4) is 0 Å². The second-order valence-corrected chi connectivity index (χ2v) is 11.2. The SMILES string of the molecule is CC(C)c1ccc([C@](O)(c2cncc(-c3cc(C(C)(C)O)[nH]n3)c2)C2(C)CN(C(C)C)C2)cc1. The van der Waals surface area contributed by atoms with E-state index in [-0.39, 0.29) is 5.41 Å². The molecule has 1 atom stereocenters. The Kier molecular flexibility index (Phi) is 6.21. The van der Waals surface area contributed by atoms with Crippen LogP contribution < -0.4 is 0 Å². The number of pyridine rings is 1. The molecule has 0 saturated carbocycles. The molecule has 1 fully saturated rings. The van der Waals surface area contributed by atoms with Gasteiger partial charge in [0.2, 0.25) is 0 Å². The lowest BCUT2D eigenvalue weighted by Gasteiger charge is -2.58. The van der Waals surface area contributed by atoms with E-state index in [0.29, 0.717) is 23.3 Å². The summed E-state index contributed by atoms with van der Waals surface area (Å²) >= 11 is 0. The first kappa shape index (κ1) is 24.6. The number of nitrogens with zero attached hydrogens (tertiary/aromatic N) is 3. The van der Waals surface area contributed by atoms with E-state index in [2.05, 4.69) is 79.0 Å². The van der Waals surface area contributed by atoms with Gasteiger partial charge in [0.05, 0.1) is 11.4 Å². The molecule has 0 aliphatic carbocycles. The molecule has 4 rings (SSSR count). The fraction of sp³-hybridized carbons (Fsp3) is 0.500. The highest BCUT2D eigenvalue weighted by Crippen LogP contribution is 2.51. The van der Waals surface area contributed by atoms with Crippen molar-refractivity contribution >= 4 is 0 Å². The molecule has 3 heterocycles. The fourth-order valence-corrected chi connectivity index (χ4v) is 4.98. The van der Waals surface area contributed by atoms with Gasteiger partial charge >= 0.3 is 0 Å². The lowest BCUT2D eigenvalue weighted by molar-refractivity contribution is -0.144. The van der Waals surface area contributed by atoms with E-state index in [1.165, 1.54) is 5.56 Å². The van der Waals surface area contributed by atoms with E-state index < -0.39 is 11.2 Å². The number of benzene rings is 1. The van der Waals surface area contributed by atoms with Crippen LogP contribution >= 0.6 is 0 Å². The van der Waals surface area contributed by atoms with Crippen LogP contribution in [0.5, 0.6) is 0 Å². The first-order valence-corrected chi connectivity index (χ1v) is 12.2. The monoisotopic (exact) mass is 462 g/mol. The van der Waals surface area contributed by atoms with Crippen molar-refractivity contribution in [1.29, 1.82) is 0 Å². The van der Waals surface area contributed by atoms with E-state index in [0.717, 1.165) is 29.8 Å². The van der Waals surface area contributed by atoms with E-state index in [9.17, 15) is 10.2 Å². The first-order chi connectivity index (χ1) is 15.8. The number of likely N-dealkylation sites (tertiary alicyclic amines) is 1. The highest BCUT2D eigenvalue weighted by atomic mass is 16.3. The van der Waals surface area contributed by atoms with Gasteiger partial charge < -0.3 is 10.2 Å². The molecule has 34 heavy (non-hydrogen) atoms. The Morgan fingerprint density at radius 3 is 2.15 bits per heavy atom. The molecule has 182 valence electrons. The predicted molar refractivity (Wildman–Crippen MR) is 135 cm³/mol. The van der Waals surface area contributed by atoms with Crippen molar-refractivity contribution in [1.82, 2.24) is 20.1 Å². The summed E-state index contributed by atoms with van der Waals surface area (Å²) in [7, 11) is 0. The smallest absolute Gasteiger partial charge is 0.124 e. The van der Waals surface area contributed by atoms with E-state index >= 15 is 0 Å². The Morgan fingerprint density at radius 2 is 1.62 bits per heavy atom. The van der Waals surface area contributed by atoms with Crippen LogP contribution in [0.4, 0.5) is 0 Å². The minimum absolute atomic E-state index is 0.374. The van der Waals surface area contributed by atoms with Crippen LogP contribution in [0.25, 0.3) is 11.3 Å². The van der Waals surface area contributed by atoms with Crippen molar-refractivity contribution in [3.05, 3.63) is 71.2 Å². The van der Waals surface area contributed by atoms with Gasteiger partial charge in [-0.2, -0.15) is 5.10 Å². The predicted octanol–water partition coefficient (Wildman–Crippen LogP) is 4.79. The highest BCUT2D eigenvalue weighted by molar-refractivity contribution is 5.60. The van der Waals surface area contributed by atoms with Crippen molar-refractivity contribution in [2.75, 3.05) is 13.1 Å². The molecule has 0 spiro atoms. The van der Waals surface area contributed by atoms with Crippen molar-refractivity contribution in [3.8, 4) is 11.3 Å². The van der Waals surface area contributed by atoms with Gasteiger partial charge in [0.25, 0.3) is 0 Å². The zero-order chi connectivity index (χ0) is 24.9. The molecule has 6 heteroatoms. The molecule has 1 saturated heterocycles. The summed E-state index contributed by atoms with van der Waals surface area (Å²) in [5.74, 6) is 0.424. The summed E-state index contributed by atoms with van der Waals surface area (Å²) < 4.78 is 0. The van der Waals surface area contributed by atoms with Gasteiger partial charge in [0.1, 0.15) is 11.2 Å². The highest BCUT2D eigenvalue weighted by Gasteiger charge is 2.56. The molecule has 0 unspecified atom stereocenters. The van der Waals surface area contributed by atoms with Gasteiger partial charge in [-0.25, -0.2) is 0 Å². The number of rotatable bonds is 7. The zero-order valence-electron chi connectivity index (χ0n) is 21.4. The maximum atomic E-state index is 12.5. The van der Waals surface area contributed by atoms with Crippen LogP contribution in [-0.2, 0) is 11.2 Å². The maximum absolute atomic E-state index is 12.5.